The summed E-state index contributed by atoms with van der Waals surface area (Å²) in [6, 6.07) is 32.2. The minimum absolute atomic E-state index is 0.0126. The molecule has 3 N–H and O–H groups in total. The van der Waals surface area contributed by atoms with Gasteiger partial charge in [-0.3, -0.25) is 19.3 Å². The van der Waals surface area contributed by atoms with Crippen LogP contribution in [0.25, 0.3) is 11.3 Å². The van der Waals surface area contributed by atoms with Gasteiger partial charge in [0.25, 0.3) is 5.91 Å². The van der Waals surface area contributed by atoms with Gasteiger partial charge in [-0.25, -0.2) is 0 Å². The van der Waals surface area contributed by atoms with Crippen LogP contribution in [-0.2, 0) is 29.1 Å². The summed E-state index contributed by atoms with van der Waals surface area (Å²) in [6.07, 6.45) is 2.62. The van der Waals surface area contributed by atoms with Crippen molar-refractivity contribution >= 4 is 17.7 Å². The molecule has 0 radical (unpaired) electrons. The van der Waals surface area contributed by atoms with E-state index in [1.807, 2.05) is 65.6 Å². The van der Waals surface area contributed by atoms with Gasteiger partial charge < -0.3 is 20.5 Å². The summed E-state index contributed by atoms with van der Waals surface area (Å²) in [6.45, 7) is 3.18. The number of hydrogen-bond acceptors (Lipinski definition) is 4. The maximum atomic E-state index is 14.3. The van der Waals surface area contributed by atoms with Crippen LogP contribution in [0.15, 0.2) is 103 Å². The zero-order valence-electron chi connectivity index (χ0n) is 23.7. The van der Waals surface area contributed by atoms with Crippen molar-refractivity contribution in [2.75, 3.05) is 26.2 Å². The molecule has 1 aliphatic rings. The largest absolute Gasteiger partial charge is 0.370 e. The lowest BCUT2D eigenvalue weighted by Crippen LogP contribution is -2.55. The Morgan fingerprint density at radius 2 is 1.45 bits per heavy atom. The highest BCUT2D eigenvalue weighted by Crippen LogP contribution is 2.28. The fraction of sp³-hybridized carbons (Fsp3) is 0.265. The first-order valence-electron chi connectivity index (χ1n) is 14.4. The van der Waals surface area contributed by atoms with E-state index in [1.54, 1.807) is 10.8 Å². The summed E-state index contributed by atoms with van der Waals surface area (Å²) in [5.41, 5.74) is 9.79. The van der Waals surface area contributed by atoms with Crippen molar-refractivity contribution in [3.63, 3.8) is 0 Å². The van der Waals surface area contributed by atoms with E-state index in [2.05, 4.69) is 46.6 Å². The van der Waals surface area contributed by atoms with Gasteiger partial charge in [0, 0.05) is 51.4 Å². The van der Waals surface area contributed by atoms with Crippen LogP contribution in [0.2, 0.25) is 0 Å². The Kier molecular flexibility index (Phi) is 9.46. The number of carbonyl (C=O) groups excluding carboxylic acids is 3. The van der Waals surface area contributed by atoms with E-state index in [9.17, 15) is 14.4 Å². The van der Waals surface area contributed by atoms with Crippen molar-refractivity contribution in [3.8, 4) is 11.3 Å². The van der Waals surface area contributed by atoms with Gasteiger partial charge in [0.15, 0.2) is 0 Å². The zero-order valence-corrected chi connectivity index (χ0v) is 23.7. The average Bonchev–Trinajstić information content (AvgIpc) is 3.41. The zero-order chi connectivity index (χ0) is 29.3. The van der Waals surface area contributed by atoms with Crippen LogP contribution in [0.4, 0.5) is 0 Å². The Balaban J connectivity index is 1.41. The average molecular weight is 564 g/mol. The molecule has 8 heteroatoms. The number of piperazine rings is 1. The van der Waals surface area contributed by atoms with E-state index < -0.39 is 5.91 Å². The second-order valence-electron chi connectivity index (χ2n) is 10.7. The number of nitrogens with two attached hydrogens (primary N) is 1. The smallest absolute Gasteiger partial charge is 0.256 e. The molecule has 0 spiro atoms. The minimum Gasteiger partial charge on any atom is -0.370 e. The van der Waals surface area contributed by atoms with Crippen LogP contribution in [-0.4, -0.2) is 64.3 Å². The third-order valence-electron chi connectivity index (χ3n) is 7.64. The number of nitrogens with one attached hydrogen (secondary N) is 1. The van der Waals surface area contributed by atoms with Crippen LogP contribution in [0.3, 0.4) is 0 Å². The monoisotopic (exact) mass is 563 g/mol. The van der Waals surface area contributed by atoms with Crippen LogP contribution in [0, 0.1) is 0 Å². The second-order valence-corrected chi connectivity index (χ2v) is 10.7. The summed E-state index contributed by atoms with van der Waals surface area (Å²) < 4.78 is 1.81. The molecule has 216 valence electrons. The summed E-state index contributed by atoms with van der Waals surface area (Å²) in [7, 11) is 0. The van der Waals surface area contributed by atoms with Gasteiger partial charge in [0.05, 0.1) is 11.3 Å². The number of nitrogens with zero attached hydrogens (tertiary/aromatic N) is 3. The fourth-order valence-electron chi connectivity index (χ4n) is 5.62. The lowest BCUT2D eigenvalue weighted by Gasteiger charge is -2.42. The standard InChI is InChI=1S/C34H37N5O3/c35-31(40)16-18-36-32(41)25-38-19-17-30(33(38)28-14-8-3-9-15-28)34(42)39-21-20-37(23-27-12-6-2-7-13-27)24-29(39)22-26-10-4-1-5-11-26/h1-15,17,19,29H,16,18,20-25H2,(H2,35,40)(H,36,41)/t29-/m1/s1. The number of carbonyl (C=O) groups is 3. The van der Waals surface area contributed by atoms with Crippen LogP contribution in [0.5, 0.6) is 0 Å². The molecule has 8 nitrogen and oxygen atoms in total. The van der Waals surface area contributed by atoms with Crippen molar-refractivity contribution in [1.82, 2.24) is 19.7 Å². The molecule has 1 saturated heterocycles. The maximum Gasteiger partial charge on any atom is 0.256 e. The predicted octanol–water partition coefficient (Wildman–Crippen LogP) is 3.72. The molecule has 1 aliphatic heterocycles. The normalized spacial score (nSPS) is 15.3. The Labute approximate surface area is 246 Å². The third-order valence-corrected chi connectivity index (χ3v) is 7.64. The van der Waals surface area contributed by atoms with Gasteiger partial charge in [-0.15, -0.1) is 0 Å². The third kappa shape index (κ3) is 7.33. The number of aromatic nitrogens is 1. The Bertz CT molecular complexity index is 1490. The highest BCUT2D eigenvalue weighted by Gasteiger charge is 2.33. The van der Waals surface area contributed by atoms with Gasteiger partial charge in [0.2, 0.25) is 11.8 Å². The van der Waals surface area contributed by atoms with E-state index in [4.69, 9.17) is 5.73 Å². The Morgan fingerprint density at radius 1 is 0.810 bits per heavy atom. The minimum atomic E-state index is -0.469. The number of benzene rings is 3. The molecule has 0 aliphatic carbocycles. The molecule has 0 unspecified atom stereocenters. The van der Waals surface area contributed by atoms with Crippen molar-refractivity contribution in [2.45, 2.75) is 32.0 Å². The summed E-state index contributed by atoms with van der Waals surface area (Å²) >= 11 is 0. The topological polar surface area (TPSA) is 101 Å². The van der Waals surface area contributed by atoms with E-state index >= 15 is 0 Å². The van der Waals surface area contributed by atoms with E-state index in [0.717, 1.165) is 31.6 Å². The molecule has 3 amide bonds. The van der Waals surface area contributed by atoms with Gasteiger partial charge in [-0.05, 0) is 29.2 Å². The molecule has 1 fully saturated rings. The fourth-order valence-corrected chi connectivity index (χ4v) is 5.62. The number of rotatable bonds is 11. The van der Waals surface area contributed by atoms with E-state index in [1.165, 1.54) is 11.1 Å². The Hall–Kier alpha value is -4.69. The summed E-state index contributed by atoms with van der Waals surface area (Å²) in [5, 5.41) is 2.74. The van der Waals surface area contributed by atoms with Gasteiger partial charge in [-0.2, -0.15) is 0 Å². The Morgan fingerprint density at radius 3 is 2.12 bits per heavy atom. The number of primary amides is 1. The van der Waals surface area contributed by atoms with Crippen molar-refractivity contribution in [2.24, 2.45) is 5.73 Å². The molecule has 3 aromatic carbocycles. The van der Waals surface area contributed by atoms with Crippen LogP contribution < -0.4 is 11.1 Å². The molecule has 0 saturated carbocycles. The summed E-state index contributed by atoms with van der Waals surface area (Å²) in [4.78, 5) is 42.6. The first-order chi connectivity index (χ1) is 20.5. The van der Waals surface area contributed by atoms with Crippen LogP contribution >= 0.6 is 0 Å². The first-order valence-corrected chi connectivity index (χ1v) is 14.4. The quantitative estimate of drug-likeness (QED) is 0.291. The highest BCUT2D eigenvalue weighted by atomic mass is 16.2. The van der Waals surface area contributed by atoms with Crippen molar-refractivity contribution < 1.29 is 14.4 Å². The van der Waals surface area contributed by atoms with Crippen LogP contribution in [0.1, 0.15) is 27.9 Å². The predicted molar refractivity (Wildman–Crippen MR) is 163 cm³/mol. The van der Waals surface area contributed by atoms with Gasteiger partial charge in [-0.1, -0.05) is 91.0 Å². The molecular formula is C34H37N5O3. The second kappa shape index (κ2) is 13.8. The summed E-state index contributed by atoms with van der Waals surface area (Å²) in [5.74, 6) is -0.760. The SMILES string of the molecule is NC(=O)CCNC(=O)Cn1ccc(C(=O)N2CCN(Cc3ccccc3)C[C@H]2Cc2ccccc2)c1-c1ccccc1. The number of hydrogen-bond donors (Lipinski definition) is 2. The highest BCUT2D eigenvalue weighted by molar-refractivity contribution is 6.01. The lowest BCUT2D eigenvalue weighted by atomic mass is 9.99. The molecule has 42 heavy (non-hydrogen) atoms. The molecule has 5 rings (SSSR count). The molecule has 2 heterocycles. The number of amides is 3. The van der Waals surface area contributed by atoms with Gasteiger partial charge in [0.1, 0.15) is 6.54 Å². The van der Waals surface area contributed by atoms with E-state index in [-0.39, 0.29) is 37.4 Å². The first kappa shape index (κ1) is 28.8. The van der Waals surface area contributed by atoms with Gasteiger partial charge >= 0.3 is 0 Å². The molecular weight excluding hydrogens is 526 g/mol. The lowest BCUT2D eigenvalue weighted by molar-refractivity contribution is -0.122. The van der Waals surface area contributed by atoms with E-state index in [0.29, 0.717) is 17.8 Å². The van der Waals surface area contributed by atoms with Crippen molar-refractivity contribution in [3.05, 3.63) is 120 Å². The molecule has 4 aromatic rings. The molecule has 1 aromatic heterocycles. The molecule has 1 atom stereocenters. The maximum absolute atomic E-state index is 14.3. The van der Waals surface area contributed by atoms with Crippen molar-refractivity contribution in [1.29, 1.82) is 0 Å². The molecule has 0 bridgehead atoms.